The second kappa shape index (κ2) is 6.38. The van der Waals surface area contributed by atoms with Gasteiger partial charge in [0.2, 0.25) is 0 Å². The Kier molecular flexibility index (Phi) is 4.30. The summed E-state index contributed by atoms with van der Waals surface area (Å²) < 4.78 is 1.90. The van der Waals surface area contributed by atoms with E-state index in [9.17, 15) is 4.79 Å². The fourth-order valence-corrected chi connectivity index (χ4v) is 3.66. The van der Waals surface area contributed by atoms with Crippen molar-refractivity contribution in [2.75, 3.05) is 0 Å². The highest BCUT2D eigenvalue weighted by atomic mass is 32.1. The fraction of sp³-hybridized carbons (Fsp3) is 0.222. The van der Waals surface area contributed by atoms with Crippen LogP contribution in [-0.4, -0.2) is 15.5 Å². The van der Waals surface area contributed by atoms with E-state index in [-0.39, 0.29) is 11.9 Å². The van der Waals surface area contributed by atoms with E-state index in [1.54, 1.807) is 23.9 Å². The monoisotopic (exact) mass is 325 g/mol. The van der Waals surface area contributed by atoms with Crippen molar-refractivity contribution in [3.05, 3.63) is 69.9 Å². The zero-order chi connectivity index (χ0) is 16.4. The number of imidazole rings is 1. The van der Waals surface area contributed by atoms with Crippen LogP contribution in [0.15, 0.2) is 49.1 Å². The largest absolute Gasteiger partial charge is 0.345 e. The van der Waals surface area contributed by atoms with E-state index in [4.69, 9.17) is 0 Å². The van der Waals surface area contributed by atoms with Crippen LogP contribution in [0.2, 0.25) is 0 Å². The first-order chi connectivity index (χ1) is 11.0. The van der Waals surface area contributed by atoms with Crippen LogP contribution in [-0.2, 0) is 0 Å². The first kappa shape index (κ1) is 15.5. The summed E-state index contributed by atoms with van der Waals surface area (Å²) in [5.74, 6) is -0.0575. The van der Waals surface area contributed by atoms with Crippen molar-refractivity contribution < 1.29 is 4.79 Å². The van der Waals surface area contributed by atoms with Gasteiger partial charge in [-0.25, -0.2) is 4.98 Å². The van der Waals surface area contributed by atoms with Crippen LogP contribution in [0, 0.1) is 13.8 Å². The van der Waals surface area contributed by atoms with Crippen molar-refractivity contribution in [3.8, 4) is 5.69 Å². The minimum Gasteiger partial charge on any atom is -0.345 e. The van der Waals surface area contributed by atoms with Gasteiger partial charge in [-0.2, -0.15) is 0 Å². The van der Waals surface area contributed by atoms with Gasteiger partial charge in [0, 0.05) is 33.4 Å². The normalized spacial score (nSPS) is 12.1. The molecule has 0 radical (unpaired) electrons. The summed E-state index contributed by atoms with van der Waals surface area (Å²) in [5.41, 5.74) is 2.83. The molecule has 1 aromatic carbocycles. The molecule has 1 atom stereocenters. The first-order valence-electron chi connectivity index (χ1n) is 7.51. The van der Waals surface area contributed by atoms with Crippen LogP contribution < -0.4 is 5.32 Å². The molecule has 0 saturated carbocycles. The van der Waals surface area contributed by atoms with Gasteiger partial charge in [0.25, 0.3) is 5.91 Å². The number of rotatable bonds is 4. The smallest absolute Gasteiger partial charge is 0.251 e. The SMILES string of the molecule is Cc1cc(C(C)NC(=O)c2ccc(-n3ccnc3)cc2)c(C)s1. The van der Waals surface area contributed by atoms with Gasteiger partial charge in [-0.15, -0.1) is 11.3 Å². The Morgan fingerprint density at radius 3 is 2.57 bits per heavy atom. The van der Waals surface area contributed by atoms with E-state index < -0.39 is 0 Å². The molecule has 0 aliphatic carbocycles. The van der Waals surface area contributed by atoms with E-state index in [0.29, 0.717) is 5.56 Å². The van der Waals surface area contributed by atoms with Gasteiger partial charge in [-0.05, 0) is 56.7 Å². The number of nitrogens with zero attached hydrogens (tertiary/aromatic N) is 2. The molecular weight excluding hydrogens is 306 g/mol. The van der Waals surface area contributed by atoms with Crippen LogP contribution in [0.3, 0.4) is 0 Å². The summed E-state index contributed by atoms with van der Waals surface area (Å²) in [4.78, 5) is 19.0. The Labute approximate surface area is 139 Å². The lowest BCUT2D eigenvalue weighted by Crippen LogP contribution is -2.26. The standard InChI is InChI=1S/C18H19N3OS/c1-12-10-17(14(3)23-12)13(2)20-18(22)15-4-6-16(7-5-15)21-9-8-19-11-21/h4-11,13H,1-3H3,(H,20,22). The van der Waals surface area contributed by atoms with Crippen molar-refractivity contribution in [1.82, 2.24) is 14.9 Å². The third kappa shape index (κ3) is 3.35. The second-order valence-corrected chi connectivity index (χ2v) is 7.04. The predicted octanol–water partition coefficient (Wildman–Crippen LogP) is 4.04. The molecule has 0 aliphatic rings. The maximum absolute atomic E-state index is 12.4. The molecule has 2 aromatic heterocycles. The van der Waals surface area contributed by atoms with Crippen LogP contribution in [0.25, 0.3) is 5.69 Å². The van der Waals surface area contributed by atoms with E-state index in [1.807, 2.05) is 42.0 Å². The van der Waals surface area contributed by atoms with Gasteiger partial charge >= 0.3 is 0 Å². The Balaban J connectivity index is 1.72. The van der Waals surface area contributed by atoms with Crippen LogP contribution in [0.4, 0.5) is 0 Å². The molecule has 3 rings (SSSR count). The summed E-state index contributed by atoms with van der Waals surface area (Å²) in [6.07, 6.45) is 5.34. The summed E-state index contributed by atoms with van der Waals surface area (Å²) in [7, 11) is 0. The maximum atomic E-state index is 12.4. The van der Waals surface area contributed by atoms with E-state index >= 15 is 0 Å². The minimum atomic E-state index is -0.0575. The summed E-state index contributed by atoms with van der Waals surface area (Å²) in [6.45, 7) is 6.20. The third-order valence-electron chi connectivity index (χ3n) is 3.83. The number of nitrogens with one attached hydrogen (secondary N) is 1. The van der Waals surface area contributed by atoms with Crippen molar-refractivity contribution in [3.63, 3.8) is 0 Å². The van der Waals surface area contributed by atoms with Gasteiger partial charge in [0.15, 0.2) is 0 Å². The molecule has 0 spiro atoms. The number of aryl methyl sites for hydroxylation is 2. The lowest BCUT2D eigenvalue weighted by molar-refractivity contribution is 0.0940. The van der Waals surface area contributed by atoms with Crippen molar-refractivity contribution in [2.45, 2.75) is 26.8 Å². The molecule has 1 amide bonds. The quantitative estimate of drug-likeness (QED) is 0.787. The molecule has 118 valence electrons. The first-order valence-corrected chi connectivity index (χ1v) is 8.32. The Morgan fingerprint density at radius 2 is 2.00 bits per heavy atom. The maximum Gasteiger partial charge on any atom is 0.251 e. The highest BCUT2D eigenvalue weighted by Gasteiger charge is 2.15. The van der Waals surface area contributed by atoms with Gasteiger partial charge in [0.1, 0.15) is 0 Å². The average molecular weight is 325 g/mol. The topological polar surface area (TPSA) is 46.9 Å². The Morgan fingerprint density at radius 1 is 1.26 bits per heavy atom. The van der Waals surface area contributed by atoms with Crippen molar-refractivity contribution in [1.29, 1.82) is 0 Å². The van der Waals surface area contributed by atoms with Gasteiger partial charge < -0.3 is 9.88 Å². The zero-order valence-electron chi connectivity index (χ0n) is 13.4. The number of amides is 1. The summed E-state index contributed by atoms with van der Waals surface area (Å²) >= 11 is 1.76. The molecule has 0 fully saturated rings. The molecule has 1 N–H and O–H groups in total. The molecule has 0 saturated heterocycles. The number of carbonyl (C=O) groups is 1. The van der Waals surface area contributed by atoms with E-state index in [1.165, 1.54) is 15.3 Å². The number of aromatic nitrogens is 2. The molecule has 0 aliphatic heterocycles. The Bertz CT molecular complexity index is 803. The highest BCUT2D eigenvalue weighted by molar-refractivity contribution is 7.12. The van der Waals surface area contributed by atoms with Gasteiger partial charge in [0.05, 0.1) is 12.4 Å². The molecule has 3 aromatic rings. The second-order valence-electron chi connectivity index (χ2n) is 5.58. The Hall–Kier alpha value is -2.40. The molecule has 2 heterocycles. The molecule has 4 nitrogen and oxygen atoms in total. The molecule has 5 heteroatoms. The predicted molar refractivity (Wildman–Crippen MR) is 93.2 cm³/mol. The van der Waals surface area contributed by atoms with Crippen LogP contribution >= 0.6 is 11.3 Å². The summed E-state index contributed by atoms with van der Waals surface area (Å²) in [5, 5.41) is 3.07. The van der Waals surface area contributed by atoms with Gasteiger partial charge in [-0.1, -0.05) is 0 Å². The van der Waals surface area contributed by atoms with Crippen LogP contribution in [0.5, 0.6) is 0 Å². The fourth-order valence-electron chi connectivity index (χ4n) is 2.63. The van der Waals surface area contributed by atoms with Crippen LogP contribution in [0.1, 0.15) is 38.6 Å². The summed E-state index contributed by atoms with van der Waals surface area (Å²) in [6, 6.07) is 9.66. The number of carbonyl (C=O) groups excluding carboxylic acids is 1. The zero-order valence-corrected chi connectivity index (χ0v) is 14.2. The van der Waals surface area contributed by atoms with Gasteiger partial charge in [-0.3, -0.25) is 4.79 Å². The lowest BCUT2D eigenvalue weighted by Gasteiger charge is -2.14. The molecule has 23 heavy (non-hydrogen) atoms. The molecule has 1 unspecified atom stereocenters. The number of hydrogen-bond acceptors (Lipinski definition) is 3. The number of hydrogen-bond donors (Lipinski definition) is 1. The van der Waals surface area contributed by atoms with Crippen molar-refractivity contribution in [2.24, 2.45) is 0 Å². The van der Waals surface area contributed by atoms with Crippen molar-refractivity contribution >= 4 is 17.2 Å². The molecule has 0 bridgehead atoms. The minimum absolute atomic E-state index is 0.000718. The highest BCUT2D eigenvalue weighted by Crippen LogP contribution is 2.26. The third-order valence-corrected chi connectivity index (χ3v) is 4.81. The van der Waals surface area contributed by atoms with E-state index in [2.05, 4.69) is 30.2 Å². The average Bonchev–Trinajstić information content (AvgIpc) is 3.17. The van der Waals surface area contributed by atoms with E-state index in [0.717, 1.165) is 5.69 Å². The number of benzene rings is 1. The lowest BCUT2D eigenvalue weighted by atomic mass is 10.1. The number of thiophene rings is 1. The molecular formula is C18H19N3OS.